The van der Waals surface area contributed by atoms with Crippen molar-refractivity contribution < 1.29 is 4.42 Å². The quantitative estimate of drug-likeness (QED) is 0.185. The zero-order valence-electron chi connectivity index (χ0n) is 26.3. The summed E-state index contributed by atoms with van der Waals surface area (Å²) in [6.07, 6.45) is 0. The van der Waals surface area contributed by atoms with Crippen LogP contribution in [0.5, 0.6) is 0 Å². The summed E-state index contributed by atoms with van der Waals surface area (Å²) in [5, 5.41) is 4.64. The lowest BCUT2D eigenvalue weighted by Gasteiger charge is -2.26. The maximum Gasteiger partial charge on any atom is 0.143 e. The fraction of sp³-hybridized carbons (Fsp3) is 0. The Kier molecular flexibility index (Phi) is 6.84. The van der Waals surface area contributed by atoms with E-state index in [0.29, 0.717) is 0 Å². The third-order valence-electron chi connectivity index (χ3n) is 9.25. The third-order valence-corrected chi connectivity index (χ3v) is 9.25. The van der Waals surface area contributed by atoms with Crippen molar-refractivity contribution in [2.75, 3.05) is 4.90 Å². The molecule has 1 heterocycles. The average molecular weight is 614 g/mol. The van der Waals surface area contributed by atoms with Crippen LogP contribution < -0.4 is 4.90 Å². The molecule has 0 aliphatic carbocycles. The first-order valence-corrected chi connectivity index (χ1v) is 16.3. The molecule has 0 fully saturated rings. The maximum atomic E-state index is 6.58. The van der Waals surface area contributed by atoms with E-state index in [4.69, 9.17) is 4.42 Å². The van der Waals surface area contributed by atoms with Crippen molar-refractivity contribution in [1.82, 2.24) is 0 Å². The number of hydrogen-bond donors (Lipinski definition) is 0. The van der Waals surface area contributed by atoms with Crippen molar-refractivity contribution >= 4 is 49.8 Å². The summed E-state index contributed by atoms with van der Waals surface area (Å²) in [6, 6.07) is 66.9. The predicted molar refractivity (Wildman–Crippen MR) is 202 cm³/mol. The molecule has 0 aliphatic heterocycles. The van der Waals surface area contributed by atoms with E-state index in [1.165, 1.54) is 33.0 Å². The van der Waals surface area contributed by atoms with Gasteiger partial charge in [-0.3, -0.25) is 0 Å². The smallest absolute Gasteiger partial charge is 0.143 e. The zero-order valence-corrected chi connectivity index (χ0v) is 26.3. The molecule has 0 bridgehead atoms. The Bertz CT molecular complexity index is 2530. The van der Waals surface area contributed by atoms with Crippen molar-refractivity contribution in [3.05, 3.63) is 188 Å². The van der Waals surface area contributed by atoms with E-state index in [0.717, 1.165) is 50.1 Å². The van der Waals surface area contributed by atoms with Gasteiger partial charge >= 0.3 is 0 Å². The topological polar surface area (TPSA) is 16.4 Å². The molecule has 226 valence electrons. The lowest BCUT2D eigenvalue weighted by atomic mass is 9.97. The minimum atomic E-state index is 0.889. The van der Waals surface area contributed by atoms with Gasteiger partial charge < -0.3 is 9.32 Å². The maximum absolute atomic E-state index is 6.58. The molecule has 9 rings (SSSR count). The van der Waals surface area contributed by atoms with Crippen LogP contribution in [-0.2, 0) is 0 Å². The van der Waals surface area contributed by atoms with E-state index in [2.05, 4.69) is 187 Å². The van der Waals surface area contributed by atoms with E-state index < -0.39 is 0 Å². The molecule has 2 nitrogen and oxygen atoms in total. The first-order chi connectivity index (χ1) is 23.8. The third kappa shape index (κ3) is 5.01. The minimum absolute atomic E-state index is 0.889. The summed E-state index contributed by atoms with van der Waals surface area (Å²) >= 11 is 0. The van der Waals surface area contributed by atoms with Gasteiger partial charge in [0, 0.05) is 33.4 Å². The van der Waals surface area contributed by atoms with Gasteiger partial charge in [0.15, 0.2) is 0 Å². The molecule has 48 heavy (non-hydrogen) atoms. The zero-order chi connectivity index (χ0) is 31.9. The molecule has 8 aromatic carbocycles. The van der Waals surface area contributed by atoms with Crippen LogP contribution in [-0.4, -0.2) is 0 Å². The Morgan fingerprint density at radius 2 is 0.875 bits per heavy atom. The number of rotatable bonds is 6. The highest BCUT2D eigenvalue weighted by molar-refractivity contribution is 6.12. The van der Waals surface area contributed by atoms with Gasteiger partial charge in [0.1, 0.15) is 11.2 Å². The van der Waals surface area contributed by atoms with Crippen molar-refractivity contribution in [3.8, 4) is 33.4 Å². The number of fused-ring (bicyclic) bond motifs is 4. The van der Waals surface area contributed by atoms with Gasteiger partial charge in [-0.05, 0) is 87.1 Å². The van der Waals surface area contributed by atoms with E-state index >= 15 is 0 Å². The van der Waals surface area contributed by atoms with Crippen molar-refractivity contribution in [2.24, 2.45) is 0 Å². The SMILES string of the molecule is c1ccc(-c2ccc(-c3ccc(N(c4ccccc4)c4cc(-c5ccc6ccccc6c5)c5oc6ccccc6c5c4)cc3)cc2)cc1. The first-order valence-electron chi connectivity index (χ1n) is 16.3. The average Bonchev–Trinajstić information content (AvgIpc) is 3.54. The number of nitrogens with zero attached hydrogens (tertiary/aromatic N) is 1. The van der Waals surface area contributed by atoms with Gasteiger partial charge in [-0.1, -0.05) is 140 Å². The number of anilines is 3. The van der Waals surface area contributed by atoms with Gasteiger partial charge in [-0.2, -0.15) is 0 Å². The molecule has 0 atom stereocenters. The second-order valence-corrected chi connectivity index (χ2v) is 12.2. The number of hydrogen-bond acceptors (Lipinski definition) is 2. The van der Waals surface area contributed by atoms with Crippen LogP contribution >= 0.6 is 0 Å². The van der Waals surface area contributed by atoms with Crippen molar-refractivity contribution in [2.45, 2.75) is 0 Å². The van der Waals surface area contributed by atoms with Crippen LogP contribution in [0.25, 0.3) is 66.1 Å². The number of para-hydroxylation sites is 2. The Hall–Kier alpha value is -6.38. The molecule has 0 amide bonds. The highest BCUT2D eigenvalue weighted by Gasteiger charge is 2.20. The van der Waals surface area contributed by atoms with Gasteiger partial charge in [0.2, 0.25) is 0 Å². The molecule has 2 heteroatoms. The second-order valence-electron chi connectivity index (χ2n) is 12.2. The van der Waals surface area contributed by atoms with Crippen molar-refractivity contribution in [1.29, 1.82) is 0 Å². The van der Waals surface area contributed by atoms with E-state index in [1.54, 1.807) is 0 Å². The summed E-state index contributed by atoms with van der Waals surface area (Å²) in [4.78, 5) is 2.34. The van der Waals surface area contributed by atoms with Crippen LogP contribution in [0.1, 0.15) is 0 Å². The van der Waals surface area contributed by atoms with Gasteiger partial charge in [0.05, 0.1) is 0 Å². The second kappa shape index (κ2) is 11.8. The Morgan fingerprint density at radius 3 is 1.60 bits per heavy atom. The van der Waals surface area contributed by atoms with E-state index in [9.17, 15) is 0 Å². The van der Waals surface area contributed by atoms with Crippen LogP contribution in [0, 0.1) is 0 Å². The van der Waals surface area contributed by atoms with Crippen LogP contribution in [0.3, 0.4) is 0 Å². The fourth-order valence-corrected chi connectivity index (χ4v) is 6.83. The number of benzene rings is 8. The van der Waals surface area contributed by atoms with Gasteiger partial charge in [0.25, 0.3) is 0 Å². The van der Waals surface area contributed by atoms with Gasteiger partial charge in [-0.25, -0.2) is 0 Å². The van der Waals surface area contributed by atoms with E-state index in [-0.39, 0.29) is 0 Å². The van der Waals surface area contributed by atoms with Gasteiger partial charge in [-0.15, -0.1) is 0 Å². The number of furan rings is 1. The van der Waals surface area contributed by atoms with Crippen LogP contribution in [0.2, 0.25) is 0 Å². The fourth-order valence-electron chi connectivity index (χ4n) is 6.83. The van der Waals surface area contributed by atoms with E-state index in [1.807, 2.05) is 6.07 Å². The highest BCUT2D eigenvalue weighted by Crippen LogP contribution is 2.44. The molecule has 0 radical (unpaired) electrons. The van der Waals surface area contributed by atoms with Crippen molar-refractivity contribution in [3.63, 3.8) is 0 Å². The molecule has 0 saturated heterocycles. The summed E-state index contributed by atoms with van der Waals surface area (Å²) < 4.78 is 6.58. The summed E-state index contributed by atoms with van der Waals surface area (Å²) in [5.74, 6) is 0. The molecular weight excluding hydrogens is 583 g/mol. The normalized spacial score (nSPS) is 11.3. The molecular formula is C46H31NO. The predicted octanol–water partition coefficient (Wildman–Crippen LogP) is 13.2. The lowest BCUT2D eigenvalue weighted by molar-refractivity contribution is 0.670. The molecule has 0 aliphatic rings. The summed E-state index contributed by atoms with van der Waals surface area (Å²) in [7, 11) is 0. The Balaban J connectivity index is 1.18. The Labute approximate surface area is 279 Å². The van der Waals surface area contributed by atoms with Crippen LogP contribution in [0.4, 0.5) is 17.1 Å². The molecule has 0 N–H and O–H groups in total. The minimum Gasteiger partial charge on any atom is -0.455 e. The molecule has 9 aromatic rings. The molecule has 0 saturated carbocycles. The summed E-state index contributed by atoms with van der Waals surface area (Å²) in [5.41, 5.74) is 12.1. The standard InChI is InChI=1S/C46H31NO/c1-3-11-32(12-4-1)34-19-21-35(22-20-34)36-25-27-40(28-26-36)47(39-15-5-2-6-16-39)41-30-43(38-24-23-33-13-7-8-14-37(33)29-38)46-44(31-41)42-17-9-10-18-45(42)48-46/h1-31H. The molecule has 0 unspecified atom stereocenters. The Morgan fingerprint density at radius 1 is 0.333 bits per heavy atom. The monoisotopic (exact) mass is 613 g/mol. The first kappa shape index (κ1) is 27.9. The molecule has 1 aromatic heterocycles. The highest BCUT2D eigenvalue weighted by atomic mass is 16.3. The lowest BCUT2D eigenvalue weighted by Crippen LogP contribution is -2.10. The van der Waals surface area contributed by atoms with Crippen LogP contribution in [0.15, 0.2) is 192 Å². The molecule has 0 spiro atoms. The summed E-state index contributed by atoms with van der Waals surface area (Å²) in [6.45, 7) is 0. The largest absolute Gasteiger partial charge is 0.455 e.